The van der Waals surface area contributed by atoms with E-state index in [1.165, 1.54) is 39.9 Å². The smallest absolute Gasteiger partial charge is 0.165 e. The van der Waals surface area contributed by atoms with E-state index in [0.29, 0.717) is 0 Å². The normalized spacial score (nSPS) is 12.0. The van der Waals surface area contributed by atoms with Gasteiger partial charge in [0.05, 0.1) is 22.1 Å². The third kappa shape index (κ3) is 3.64. The summed E-state index contributed by atoms with van der Waals surface area (Å²) in [5.74, 6) is 0.793. The van der Waals surface area contributed by atoms with Crippen LogP contribution in [0.1, 0.15) is 25.3 Å². The van der Waals surface area contributed by atoms with Crippen molar-refractivity contribution in [3.05, 3.63) is 127 Å². The van der Waals surface area contributed by atoms with Gasteiger partial charge in [0.25, 0.3) is 0 Å². The number of furan rings is 1. The minimum atomic E-state index is 0.793. The van der Waals surface area contributed by atoms with Crippen molar-refractivity contribution in [2.75, 3.05) is 0 Å². The van der Waals surface area contributed by atoms with E-state index in [2.05, 4.69) is 102 Å². The molecule has 9 aromatic rings. The maximum Gasteiger partial charge on any atom is 0.165 e. The van der Waals surface area contributed by atoms with Crippen LogP contribution in [0.3, 0.4) is 0 Å². The topological polar surface area (TPSA) is 43.9 Å². The number of fused-ring (bicyclic) bond motifs is 11. The summed E-state index contributed by atoms with van der Waals surface area (Å²) in [4.78, 5) is 10.6. The van der Waals surface area contributed by atoms with Crippen molar-refractivity contribution in [3.8, 4) is 17.1 Å². The second kappa shape index (κ2) is 9.78. The number of rotatable bonds is 5. The molecule has 0 saturated carbocycles. The van der Waals surface area contributed by atoms with Crippen LogP contribution in [0.25, 0.3) is 82.6 Å². The Morgan fingerprint density at radius 3 is 2.11 bits per heavy atom. The van der Waals surface area contributed by atoms with Crippen molar-refractivity contribution < 1.29 is 4.42 Å². The molecular formula is C40H29N3O. The number of unbranched alkanes of at least 4 members (excludes halogenated alkanes) is 1. The summed E-state index contributed by atoms with van der Waals surface area (Å²) in [5.41, 5.74) is 8.82. The molecule has 0 atom stereocenters. The number of aromatic nitrogens is 3. The highest BCUT2D eigenvalue weighted by Crippen LogP contribution is 2.46. The standard InChI is InChI=1S/C40H29N3O/c1-2-3-13-25-22-23-34-30(24-25)36-28-17-8-7-16-27(28)35-29-18-9-12-21-33(29)43(38(35)39(36)44-34)40-37(26-14-5-4-6-15-26)41-31-19-10-11-20-32(31)42-40/h4-12,14-24H,2-3,13H2,1H3. The lowest BCUT2D eigenvalue weighted by atomic mass is 9.97. The number of nitrogens with zero attached hydrogens (tertiary/aromatic N) is 3. The van der Waals surface area contributed by atoms with E-state index in [4.69, 9.17) is 14.4 Å². The highest BCUT2D eigenvalue weighted by atomic mass is 16.3. The van der Waals surface area contributed by atoms with Crippen LogP contribution in [0, 0.1) is 0 Å². The van der Waals surface area contributed by atoms with Gasteiger partial charge in [0.15, 0.2) is 11.4 Å². The largest absolute Gasteiger partial charge is 0.454 e. The Labute approximate surface area is 254 Å². The third-order valence-electron chi connectivity index (χ3n) is 8.94. The van der Waals surface area contributed by atoms with E-state index in [1.807, 2.05) is 30.3 Å². The SMILES string of the molecule is CCCCc1ccc2oc3c(c2c1)c1ccccc1c1c2ccccc2n(-c2nc4ccccc4nc2-c2ccccc2)c31. The Hall–Kier alpha value is -5.48. The molecule has 0 spiro atoms. The van der Waals surface area contributed by atoms with Crippen LogP contribution >= 0.6 is 0 Å². The molecule has 3 aromatic heterocycles. The summed E-state index contributed by atoms with van der Waals surface area (Å²) in [5, 5.41) is 7.07. The van der Waals surface area contributed by atoms with Gasteiger partial charge in [0.1, 0.15) is 11.3 Å². The fraction of sp³-hybridized carbons (Fsp3) is 0.100. The Kier molecular flexibility index (Phi) is 5.57. The molecule has 9 rings (SSSR count). The minimum absolute atomic E-state index is 0.793. The first-order valence-electron chi connectivity index (χ1n) is 15.4. The highest BCUT2D eigenvalue weighted by Gasteiger charge is 2.25. The zero-order chi connectivity index (χ0) is 29.2. The van der Waals surface area contributed by atoms with Gasteiger partial charge in [-0.15, -0.1) is 0 Å². The summed E-state index contributed by atoms with van der Waals surface area (Å²) in [6.07, 6.45) is 3.40. The lowest BCUT2D eigenvalue weighted by Gasteiger charge is -2.14. The summed E-state index contributed by atoms with van der Waals surface area (Å²) in [6.45, 7) is 2.24. The number of hydrogen-bond acceptors (Lipinski definition) is 3. The second-order valence-corrected chi connectivity index (χ2v) is 11.6. The molecular weight excluding hydrogens is 538 g/mol. The maximum absolute atomic E-state index is 6.89. The van der Waals surface area contributed by atoms with E-state index >= 15 is 0 Å². The molecule has 0 aliphatic heterocycles. The summed E-state index contributed by atoms with van der Waals surface area (Å²) in [6, 6.07) is 42.6. The van der Waals surface area contributed by atoms with Crippen LogP contribution in [0.2, 0.25) is 0 Å². The third-order valence-corrected chi connectivity index (χ3v) is 8.94. The molecule has 0 fully saturated rings. The summed E-state index contributed by atoms with van der Waals surface area (Å²) < 4.78 is 9.18. The average Bonchev–Trinajstić information content (AvgIpc) is 3.64. The fourth-order valence-corrected chi connectivity index (χ4v) is 6.92. The average molecular weight is 568 g/mol. The first kappa shape index (κ1) is 25.1. The van der Waals surface area contributed by atoms with Gasteiger partial charge in [0, 0.05) is 27.1 Å². The van der Waals surface area contributed by atoms with Gasteiger partial charge < -0.3 is 4.42 Å². The van der Waals surface area contributed by atoms with E-state index in [0.717, 1.165) is 67.5 Å². The molecule has 4 heteroatoms. The molecule has 0 saturated heterocycles. The first-order chi connectivity index (χ1) is 21.8. The zero-order valence-electron chi connectivity index (χ0n) is 24.4. The Balaban J connectivity index is 1.51. The van der Waals surface area contributed by atoms with Gasteiger partial charge in [-0.25, -0.2) is 9.97 Å². The van der Waals surface area contributed by atoms with Crippen LogP contribution in [0.15, 0.2) is 126 Å². The van der Waals surface area contributed by atoms with Crippen LogP contribution < -0.4 is 0 Å². The van der Waals surface area contributed by atoms with Gasteiger partial charge >= 0.3 is 0 Å². The van der Waals surface area contributed by atoms with Crippen molar-refractivity contribution in [3.63, 3.8) is 0 Å². The van der Waals surface area contributed by atoms with Gasteiger partial charge in [-0.3, -0.25) is 4.57 Å². The Morgan fingerprint density at radius 1 is 0.636 bits per heavy atom. The number of aryl methyl sites for hydroxylation is 1. The Morgan fingerprint density at radius 2 is 1.32 bits per heavy atom. The molecule has 0 N–H and O–H groups in total. The summed E-state index contributed by atoms with van der Waals surface area (Å²) in [7, 11) is 0. The second-order valence-electron chi connectivity index (χ2n) is 11.6. The van der Waals surface area contributed by atoms with Gasteiger partial charge in [-0.1, -0.05) is 104 Å². The molecule has 0 aliphatic carbocycles. The summed E-state index contributed by atoms with van der Waals surface area (Å²) >= 11 is 0. The monoisotopic (exact) mass is 567 g/mol. The fourth-order valence-electron chi connectivity index (χ4n) is 6.92. The number of para-hydroxylation sites is 3. The lowest BCUT2D eigenvalue weighted by molar-refractivity contribution is 0.671. The maximum atomic E-state index is 6.89. The van der Waals surface area contributed by atoms with Crippen LogP contribution in [0.5, 0.6) is 0 Å². The van der Waals surface area contributed by atoms with Crippen molar-refractivity contribution in [1.82, 2.24) is 14.5 Å². The van der Waals surface area contributed by atoms with Crippen LogP contribution in [-0.2, 0) is 6.42 Å². The highest BCUT2D eigenvalue weighted by molar-refractivity contribution is 6.35. The quantitative estimate of drug-likeness (QED) is 0.208. The molecule has 210 valence electrons. The molecule has 4 nitrogen and oxygen atoms in total. The van der Waals surface area contributed by atoms with E-state index in [-0.39, 0.29) is 0 Å². The van der Waals surface area contributed by atoms with Crippen molar-refractivity contribution in [2.24, 2.45) is 0 Å². The van der Waals surface area contributed by atoms with Crippen molar-refractivity contribution in [1.29, 1.82) is 0 Å². The molecule has 3 heterocycles. The van der Waals surface area contributed by atoms with Crippen molar-refractivity contribution in [2.45, 2.75) is 26.2 Å². The minimum Gasteiger partial charge on any atom is -0.454 e. The predicted molar refractivity (Wildman–Crippen MR) is 183 cm³/mol. The molecule has 0 amide bonds. The van der Waals surface area contributed by atoms with E-state index in [9.17, 15) is 0 Å². The van der Waals surface area contributed by atoms with E-state index in [1.54, 1.807) is 0 Å². The molecule has 0 unspecified atom stereocenters. The molecule has 0 bridgehead atoms. The zero-order valence-corrected chi connectivity index (χ0v) is 24.4. The molecule has 0 radical (unpaired) electrons. The van der Waals surface area contributed by atoms with Gasteiger partial charge in [-0.2, -0.15) is 0 Å². The van der Waals surface area contributed by atoms with Gasteiger partial charge in [0.2, 0.25) is 0 Å². The number of benzene rings is 6. The Bertz CT molecular complexity index is 2540. The van der Waals surface area contributed by atoms with Crippen molar-refractivity contribution >= 4 is 65.6 Å². The van der Waals surface area contributed by atoms with Crippen LogP contribution in [0.4, 0.5) is 0 Å². The predicted octanol–water partition coefficient (Wildman–Crippen LogP) is 10.8. The molecule has 44 heavy (non-hydrogen) atoms. The van der Waals surface area contributed by atoms with Crippen LogP contribution in [-0.4, -0.2) is 14.5 Å². The van der Waals surface area contributed by atoms with Gasteiger partial charge in [-0.05, 0) is 59.5 Å². The number of hydrogen-bond donors (Lipinski definition) is 0. The lowest BCUT2D eigenvalue weighted by Crippen LogP contribution is -2.03. The first-order valence-corrected chi connectivity index (χ1v) is 15.4. The van der Waals surface area contributed by atoms with E-state index < -0.39 is 0 Å². The molecule has 0 aliphatic rings. The molecule has 6 aromatic carbocycles.